The maximum atomic E-state index is 11.9. The molecule has 5 heteroatoms. The summed E-state index contributed by atoms with van der Waals surface area (Å²) in [6.07, 6.45) is 5.19. The van der Waals surface area contributed by atoms with Crippen LogP contribution in [0, 0.1) is 5.41 Å². The van der Waals surface area contributed by atoms with Gasteiger partial charge in [0.2, 0.25) is 5.91 Å². The highest BCUT2D eigenvalue weighted by atomic mass is 16.3. The molecule has 1 atom stereocenters. The Bertz CT molecular complexity index is 475. The van der Waals surface area contributed by atoms with E-state index in [-0.39, 0.29) is 11.9 Å². The van der Waals surface area contributed by atoms with Gasteiger partial charge in [-0.2, -0.15) is 5.10 Å². The normalized spacial score (nSPS) is 13.2. The Morgan fingerprint density at radius 3 is 2.79 bits per heavy atom. The smallest absolute Gasteiger partial charge is 0.225 e. The van der Waals surface area contributed by atoms with Crippen molar-refractivity contribution in [3.05, 3.63) is 42.6 Å². The van der Waals surface area contributed by atoms with Crippen molar-refractivity contribution >= 4 is 5.91 Å². The van der Waals surface area contributed by atoms with Crippen molar-refractivity contribution in [2.75, 3.05) is 6.54 Å². The summed E-state index contributed by atoms with van der Waals surface area (Å²) < 4.78 is 7.20. The molecule has 102 valence electrons. The van der Waals surface area contributed by atoms with E-state index in [1.54, 1.807) is 17.1 Å². The van der Waals surface area contributed by atoms with Gasteiger partial charge in [0.25, 0.3) is 0 Å². The number of hydrogen-bond donors (Lipinski definition) is 1. The van der Waals surface area contributed by atoms with Crippen LogP contribution in [0.25, 0.3) is 0 Å². The second kappa shape index (κ2) is 5.30. The Labute approximate surface area is 112 Å². The number of hydrogen-bond acceptors (Lipinski definition) is 3. The molecule has 0 radical (unpaired) electrons. The van der Waals surface area contributed by atoms with Gasteiger partial charge < -0.3 is 9.73 Å². The largest absolute Gasteiger partial charge is 0.467 e. The third-order valence-corrected chi connectivity index (χ3v) is 2.85. The van der Waals surface area contributed by atoms with Gasteiger partial charge in [-0.25, -0.2) is 0 Å². The Morgan fingerprint density at radius 1 is 1.47 bits per heavy atom. The van der Waals surface area contributed by atoms with E-state index in [1.165, 1.54) is 0 Å². The van der Waals surface area contributed by atoms with E-state index in [0.717, 1.165) is 5.76 Å². The first-order valence-electron chi connectivity index (χ1n) is 6.29. The van der Waals surface area contributed by atoms with Crippen molar-refractivity contribution in [3.8, 4) is 0 Å². The number of aromatic nitrogens is 2. The van der Waals surface area contributed by atoms with Crippen LogP contribution in [0.2, 0.25) is 0 Å². The number of carbonyl (C=O) groups is 1. The van der Waals surface area contributed by atoms with Crippen molar-refractivity contribution in [1.29, 1.82) is 0 Å². The van der Waals surface area contributed by atoms with Gasteiger partial charge >= 0.3 is 0 Å². The first kappa shape index (κ1) is 13.4. The summed E-state index contributed by atoms with van der Waals surface area (Å²) in [5.74, 6) is 0.786. The molecule has 2 rings (SSSR count). The molecule has 0 spiro atoms. The van der Waals surface area contributed by atoms with Crippen LogP contribution in [0.1, 0.15) is 32.6 Å². The zero-order valence-corrected chi connectivity index (χ0v) is 11.5. The summed E-state index contributed by atoms with van der Waals surface area (Å²) in [7, 11) is 0. The van der Waals surface area contributed by atoms with Crippen LogP contribution in [0.15, 0.2) is 41.3 Å². The third kappa shape index (κ3) is 3.24. The molecular weight excluding hydrogens is 242 g/mol. The molecule has 2 aromatic heterocycles. The highest BCUT2D eigenvalue weighted by Gasteiger charge is 2.24. The number of carbonyl (C=O) groups excluding carboxylic acids is 1. The molecule has 5 nitrogen and oxygen atoms in total. The summed E-state index contributed by atoms with van der Waals surface area (Å²) in [4.78, 5) is 11.9. The zero-order valence-electron chi connectivity index (χ0n) is 11.5. The highest BCUT2D eigenvalue weighted by Crippen LogP contribution is 2.18. The third-order valence-electron chi connectivity index (χ3n) is 2.85. The maximum Gasteiger partial charge on any atom is 0.225 e. The molecular formula is C14H19N3O2. The summed E-state index contributed by atoms with van der Waals surface area (Å²) in [6.45, 7) is 6.11. The molecule has 0 aliphatic rings. The van der Waals surface area contributed by atoms with E-state index in [2.05, 4.69) is 10.4 Å². The van der Waals surface area contributed by atoms with Crippen molar-refractivity contribution < 1.29 is 9.21 Å². The molecule has 0 aliphatic carbocycles. The Kier molecular flexibility index (Phi) is 3.74. The molecule has 1 amide bonds. The summed E-state index contributed by atoms with van der Waals surface area (Å²) in [5.41, 5.74) is -0.405. The van der Waals surface area contributed by atoms with Gasteiger partial charge in [0.15, 0.2) is 0 Å². The van der Waals surface area contributed by atoms with Crippen molar-refractivity contribution in [2.24, 2.45) is 5.41 Å². The Hall–Kier alpha value is -2.04. The van der Waals surface area contributed by atoms with Gasteiger partial charge in [0, 0.05) is 24.4 Å². The predicted molar refractivity (Wildman–Crippen MR) is 71.5 cm³/mol. The lowest BCUT2D eigenvalue weighted by molar-refractivity contribution is -0.128. The summed E-state index contributed by atoms with van der Waals surface area (Å²) >= 11 is 0. The van der Waals surface area contributed by atoms with Gasteiger partial charge in [0.1, 0.15) is 11.8 Å². The van der Waals surface area contributed by atoms with Gasteiger partial charge in [-0.1, -0.05) is 20.8 Å². The molecule has 0 aromatic carbocycles. The fourth-order valence-electron chi connectivity index (χ4n) is 1.72. The lowest BCUT2D eigenvalue weighted by Gasteiger charge is -2.21. The number of amides is 1. The molecule has 2 heterocycles. The van der Waals surface area contributed by atoms with Crippen molar-refractivity contribution in [2.45, 2.75) is 26.8 Å². The predicted octanol–water partition coefficient (Wildman–Crippen LogP) is 2.23. The second-order valence-electron chi connectivity index (χ2n) is 5.48. The SMILES string of the molecule is CC(C)(C)C(=O)NC[C@H](c1ccco1)n1cccn1. The molecule has 0 fully saturated rings. The Balaban J connectivity index is 2.10. The summed E-state index contributed by atoms with van der Waals surface area (Å²) in [5, 5.41) is 7.16. The van der Waals surface area contributed by atoms with Gasteiger partial charge in [-0.15, -0.1) is 0 Å². The second-order valence-corrected chi connectivity index (χ2v) is 5.48. The van der Waals surface area contributed by atoms with E-state index in [1.807, 2.05) is 45.2 Å². The number of nitrogens with zero attached hydrogens (tertiary/aromatic N) is 2. The molecule has 0 saturated heterocycles. The highest BCUT2D eigenvalue weighted by molar-refractivity contribution is 5.81. The zero-order chi connectivity index (χ0) is 13.9. The van der Waals surface area contributed by atoms with Crippen LogP contribution in [-0.2, 0) is 4.79 Å². The van der Waals surface area contributed by atoms with Crippen LogP contribution in [0.4, 0.5) is 0 Å². The number of nitrogens with one attached hydrogen (secondary N) is 1. The minimum atomic E-state index is -0.405. The Morgan fingerprint density at radius 2 is 2.26 bits per heavy atom. The minimum absolute atomic E-state index is 0.0104. The van der Waals surface area contributed by atoms with Crippen LogP contribution in [0.5, 0.6) is 0 Å². The fraction of sp³-hybridized carbons (Fsp3) is 0.429. The molecule has 19 heavy (non-hydrogen) atoms. The van der Waals surface area contributed by atoms with Crippen LogP contribution in [-0.4, -0.2) is 22.2 Å². The maximum absolute atomic E-state index is 11.9. The summed E-state index contributed by atoms with van der Waals surface area (Å²) in [6, 6.07) is 5.44. The molecule has 1 N–H and O–H groups in total. The average Bonchev–Trinajstić information content (AvgIpc) is 3.00. The van der Waals surface area contributed by atoms with Crippen molar-refractivity contribution in [3.63, 3.8) is 0 Å². The first-order valence-corrected chi connectivity index (χ1v) is 6.29. The standard InChI is InChI=1S/C14H19N3O2/c1-14(2,3)13(18)15-10-11(12-6-4-9-19-12)17-8-5-7-16-17/h4-9,11H,10H2,1-3H3,(H,15,18)/t11-/m1/s1. The average molecular weight is 261 g/mol. The lowest BCUT2D eigenvalue weighted by Crippen LogP contribution is -2.38. The van der Waals surface area contributed by atoms with Gasteiger partial charge in [-0.05, 0) is 18.2 Å². The van der Waals surface area contributed by atoms with Crippen LogP contribution >= 0.6 is 0 Å². The van der Waals surface area contributed by atoms with E-state index in [0.29, 0.717) is 6.54 Å². The van der Waals surface area contributed by atoms with Gasteiger partial charge in [-0.3, -0.25) is 9.48 Å². The fourth-order valence-corrected chi connectivity index (χ4v) is 1.72. The molecule has 0 saturated carbocycles. The first-order chi connectivity index (χ1) is 8.98. The molecule has 2 aromatic rings. The topological polar surface area (TPSA) is 60.1 Å². The van der Waals surface area contributed by atoms with E-state index >= 15 is 0 Å². The molecule has 0 unspecified atom stereocenters. The quantitative estimate of drug-likeness (QED) is 0.918. The number of furan rings is 1. The van der Waals surface area contributed by atoms with Crippen LogP contribution in [0.3, 0.4) is 0 Å². The monoisotopic (exact) mass is 261 g/mol. The lowest BCUT2D eigenvalue weighted by atomic mass is 9.95. The molecule has 0 aliphatic heterocycles. The minimum Gasteiger partial charge on any atom is -0.467 e. The van der Waals surface area contributed by atoms with E-state index in [4.69, 9.17) is 4.42 Å². The van der Waals surface area contributed by atoms with Crippen molar-refractivity contribution in [1.82, 2.24) is 15.1 Å². The van der Waals surface area contributed by atoms with E-state index < -0.39 is 5.41 Å². The van der Waals surface area contributed by atoms with Crippen LogP contribution < -0.4 is 5.32 Å². The molecule has 0 bridgehead atoms. The number of rotatable bonds is 4. The van der Waals surface area contributed by atoms with Gasteiger partial charge in [0.05, 0.1) is 6.26 Å². The van der Waals surface area contributed by atoms with E-state index in [9.17, 15) is 4.79 Å².